The molecule has 0 unspecified atom stereocenters. The number of anilines is 1. The lowest BCUT2D eigenvalue weighted by atomic mass is 9.85. The van der Waals surface area contributed by atoms with Crippen LogP contribution in [0.2, 0.25) is 0 Å². The van der Waals surface area contributed by atoms with E-state index >= 15 is 0 Å². The van der Waals surface area contributed by atoms with E-state index < -0.39 is 5.54 Å². The van der Waals surface area contributed by atoms with Gasteiger partial charge < -0.3 is 29.1 Å². The Morgan fingerprint density at radius 3 is 2.36 bits per heavy atom. The van der Waals surface area contributed by atoms with Gasteiger partial charge in [0.1, 0.15) is 17.8 Å². The van der Waals surface area contributed by atoms with Gasteiger partial charge in [-0.25, -0.2) is 0 Å². The topological polar surface area (TPSA) is 82.6 Å². The van der Waals surface area contributed by atoms with E-state index in [4.69, 9.17) is 9.47 Å². The smallest absolute Gasteiger partial charge is 0.253 e. The molecule has 3 saturated heterocycles. The van der Waals surface area contributed by atoms with Crippen LogP contribution in [0, 0.1) is 0 Å². The number of nitrogens with zero attached hydrogens (tertiary/aromatic N) is 4. The highest BCUT2D eigenvalue weighted by Crippen LogP contribution is 2.39. The molecular formula is C27H32N4O5. The number of ether oxygens (including phenoxy) is 2. The lowest BCUT2D eigenvalue weighted by molar-refractivity contribution is -0.143. The van der Waals surface area contributed by atoms with Crippen LogP contribution in [0.4, 0.5) is 5.69 Å². The highest BCUT2D eigenvalue weighted by Gasteiger charge is 2.54. The summed E-state index contributed by atoms with van der Waals surface area (Å²) in [5, 5.41) is 0. The van der Waals surface area contributed by atoms with E-state index in [-0.39, 0.29) is 24.3 Å². The van der Waals surface area contributed by atoms with Gasteiger partial charge in [-0.05, 0) is 43.2 Å². The molecule has 5 rings (SSSR count). The summed E-state index contributed by atoms with van der Waals surface area (Å²) in [6, 6.07) is 17.0. The molecule has 2 aromatic carbocycles. The average molecular weight is 493 g/mol. The number of rotatable bonds is 5. The minimum absolute atomic E-state index is 0.0403. The van der Waals surface area contributed by atoms with Crippen molar-refractivity contribution in [3.8, 4) is 5.75 Å². The van der Waals surface area contributed by atoms with Gasteiger partial charge in [-0.1, -0.05) is 24.3 Å². The van der Waals surface area contributed by atoms with Crippen LogP contribution in [0.5, 0.6) is 5.75 Å². The second-order valence-electron chi connectivity index (χ2n) is 9.46. The van der Waals surface area contributed by atoms with Crippen LogP contribution in [0.3, 0.4) is 0 Å². The fourth-order valence-corrected chi connectivity index (χ4v) is 5.42. The van der Waals surface area contributed by atoms with Gasteiger partial charge in [0.2, 0.25) is 5.91 Å². The molecule has 0 atom stereocenters. The fourth-order valence-electron chi connectivity index (χ4n) is 5.42. The molecule has 2 aromatic rings. The molecule has 0 saturated carbocycles. The summed E-state index contributed by atoms with van der Waals surface area (Å²) < 4.78 is 10.6. The number of morpholine rings is 1. The van der Waals surface area contributed by atoms with Crippen molar-refractivity contribution in [1.29, 1.82) is 0 Å². The van der Waals surface area contributed by atoms with Crippen molar-refractivity contribution in [1.82, 2.24) is 14.7 Å². The maximum atomic E-state index is 13.9. The van der Waals surface area contributed by atoms with Crippen LogP contribution in [-0.2, 0) is 14.3 Å². The second kappa shape index (κ2) is 10.2. The van der Waals surface area contributed by atoms with Crippen LogP contribution in [0.25, 0.3) is 0 Å². The van der Waals surface area contributed by atoms with E-state index in [2.05, 4.69) is 4.90 Å². The first-order valence-electron chi connectivity index (χ1n) is 12.4. The largest absolute Gasteiger partial charge is 0.497 e. The Hall–Kier alpha value is -3.59. The second-order valence-corrected chi connectivity index (χ2v) is 9.46. The summed E-state index contributed by atoms with van der Waals surface area (Å²) in [6.45, 7) is 3.46. The fraction of sp³-hybridized carbons (Fsp3) is 0.444. The molecule has 3 aliphatic heterocycles. The van der Waals surface area contributed by atoms with Gasteiger partial charge in [0.15, 0.2) is 0 Å². The zero-order chi connectivity index (χ0) is 25.1. The summed E-state index contributed by atoms with van der Waals surface area (Å²) in [4.78, 5) is 47.4. The Labute approximate surface area is 211 Å². The number of carbonyl (C=O) groups is 3. The molecule has 0 aliphatic carbocycles. The normalized spacial score (nSPS) is 19.6. The van der Waals surface area contributed by atoms with Crippen LogP contribution in [0.15, 0.2) is 54.6 Å². The molecule has 36 heavy (non-hydrogen) atoms. The molecule has 1 spiro atoms. The lowest BCUT2D eigenvalue weighted by Crippen LogP contribution is -2.57. The SMILES string of the molecule is COc1cccc(C(=O)N2CCC3(CC2)C(=O)N(CC(=O)N2CCOCC2)CN3c2ccccc2)c1. The average Bonchev–Trinajstić information content (AvgIpc) is 3.20. The third-order valence-electron chi connectivity index (χ3n) is 7.47. The number of piperidine rings is 1. The number of para-hydroxylation sites is 1. The summed E-state index contributed by atoms with van der Waals surface area (Å²) in [6.07, 6.45) is 0.997. The van der Waals surface area contributed by atoms with E-state index in [0.29, 0.717) is 70.2 Å². The highest BCUT2D eigenvalue weighted by molar-refractivity contribution is 5.98. The van der Waals surface area contributed by atoms with Crippen molar-refractivity contribution in [2.24, 2.45) is 0 Å². The summed E-state index contributed by atoms with van der Waals surface area (Å²) in [7, 11) is 1.58. The number of likely N-dealkylation sites (tertiary alicyclic amines) is 1. The number of hydrogen-bond acceptors (Lipinski definition) is 6. The van der Waals surface area contributed by atoms with Gasteiger partial charge in [-0.2, -0.15) is 0 Å². The van der Waals surface area contributed by atoms with Gasteiger partial charge in [0, 0.05) is 37.4 Å². The van der Waals surface area contributed by atoms with Gasteiger partial charge in [0.05, 0.1) is 27.0 Å². The Bertz CT molecular complexity index is 1110. The van der Waals surface area contributed by atoms with Crippen molar-refractivity contribution in [3.05, 3.63) is 60.2 Å². The van der Waals surface area contributed by atoms with Crippen molar-refractivity contribution in [2.45, 2.75) is 18.4 Å². The van der Waals surface area contributed by atoms with Crippen molar-refractivity contribution < 1.29 is 23.9 Å². The molecule has 3 aliphatic rings. The summed E-state index contributed by atoms with van der Waals surface area (Å²) in [5.74, 6) is 0.472. The number of carbonyl (C=O) groups excluding carboxylic acids is 3. The number of methoxy groups -OCH3 is 1. The van der Waals surface area contributed by atoms with E-state index in [1.807, 2.05) is 36.4 Å². The monoisotopic (exact) mass is 492 g/mol. The molecule has 0 radical (unpaired) electrons. The lowest BCUT2D eigenvalue weighted by Gasteiger charge is -2.43. The van der Waals surface area contributed by atoms with Crippen LogP contribution in [0.1, 0.15) is 23.2 Å². The van der Waals surface area contributed by atoms with E-state index in [1.165, 1.54) is 0 Å². The predicted octanol–water partition coefficient (Wildman–Crippen LogP) is 1.84. The van der Waals surface area contributed by atoms with Crippen LogP contribution in [-0.4, -0.2) is 97.7 Å². The Morgan fingerprint density at radius 1 is 0.944 bits per heavy atom. The molecule has 3 heterocycles. The zero-order valence-corrected chi connectivity index (χ0v) is 20.6. The standard InChI is InChI=1S/C27H32N4O5/c1-35-23-9-5-6-21(18-23)25(33)29-12-10-27(11-13-29)26(34)30(19-24(32)28-14-16-36-17-15-28)20-31(27)22-7-3-2-4-8-22/h2-9,18H,10-17,19-20H2,1H3. The molecule has 3 amide bonds. The van der Waals surface area contributed by atoms with Crippen molar-refractivity contribution >= 4 is 23.4 Å². The van der Waals surface area contributed by atoms with E-state index in [9.17, 15) is 14.4 Å². The molecule has 9 heteroatoms. The Kier molecular flexibility index (Phi) is 6.82. The first-order chi connectivity index (χ1) is 17.5. The summed E-state index contributed by atoms with van der Waals surface area (Å²) >= 11 is 0. The van der Waals surface area contributed by atoms with Gasteiger partial charge in [-0.15, -0.1) is 0 Å². The minimum atomic E-state index is -0.780. The third kappa shape index (κ3) is 4.51. The van der Waals surface area contributed by atoms with Gasteiger partial charge in [0.25, 0.3) is 11.8 Å². The van der Waals surface area contributed by atoms with Gasteiger partial charge in [-0.3, -0.25) is 14.4 Å². The zero-order valence-electron chi connectivity index (χ0n) is 20.6. The van der Waals surface area contributed by atoms with Crippen LogP contribution < -0.4 is 9.64 Å². The quantitative estimate of drug-likeness (QED) is 0.634. The highest BCUT2D eigenvalue weighted by atomic mass is 16.5. The van der Waals surface area contributed by atoms with Gasteiger partial charge >= 0.3 is 0 Å². The molecule has 0 aromatic heterocycles. The van der Waals surface area contributed by atoms with Crippen molar-refractivity contribution in [2.75, 3.05) is 64.6 Å². The molecule has 190 valence electrons. The molecule has 0 N–H and O–H groups in total. The van der Waals surface area contributed by atoms with Crippen LogP contribution >= 0.6 is 0 Å². The molecular weight excluding hydrogens is 460 g/mol. The predicted molar refractivity (Wildman–Crippen MR) is 134 cm³/mol. The van der Waals surface area contributed by atoms with E-state index in [1.54, 1.807) is 40.0 Å². The first-order valence-corrected chi connectivity index (χ1v) is 12.4. The molecule has 9 nitrogen and oxygen atoms in total. The maximum Gasteiger partial charge on any atom is 0.253 e. The maximum absolute atomic E-state index is 13.9. The summed E-state index contributed by atoms with van der Waals surface area (Å²) in [5.41, 5.74) is 0.734. The Morgan fingerprint density at radius 2 is 1.67 bits per heavy atom. The first kappa shape index (κ1) is 24.1. The molecule has 3 fully saturated rings. The number of hydrogen-bond donors (Lipinski definition) is 0. The Balaban J connectivity index is 1.34. The number of benzene rings is 2. The minimum Gasteiger partial charge on any atom is -0.497 e. The third-order valence-corrected chi connectivity index (χ3v) is 7.47. The van der Waals surface area contributed by atoms with Crippen molar-refractivity contribution in [3.63, 3.8) is 0 Å². The number of amides is 3. The van der Waals surface area contributed by atoms with E-state index in [0.717, 1.165) is 5.69 Å². The molecule has 0 bridgehead atoms.